The Morgan fingerprint density at radius 1 is 1.15 bits per heavy atom. The van der Waals surface area contributed by atoms with Crippen LogP contribution >= 0.6 is 0 Å². The number of sulfonamides is 1. The zero-order valence-electron chi connectivity index (χ0n) is 14.2. The molecule has 0 aliphatic heterocycles. The lowest BCUT2D eigenvalue weighted by molar-refractivity contribution is 0.0953. The highest BCUT2D eigenvalue weighted by molar-refractivity contribution is 7.89. The minimum atomic E-state index is -3.79. The Kier molecular flexibility index (Phi) is 5.29. The smallest absolute Gasteiger partial charge is 0.251 e. The Labute approximate surface area is 151 Å². The number of hydrogen-bond acceptors (Lipinski definition) is 5. The molecule has 0 aliphatic rings. The highest BCUT2D eigenvalue weighted by Gasteiger charge is 2.17. The van der Waals surface area contributed by atoms with Gasteiger partial charge in [-0.15, -0.1) is 10.2 Å². The number of rotatable bonds is 7. The Morgan fingerprint density at radius 3 is 2.81 bits per heavy atom. The Bertz CT molecular complexity index is 1030. The van der Waals surface area contributed by atoms with Crippen LogP contribution in [0.5, 0.6) is 0 Å². The van der Waals surface area contributed by atoms with Crippen molar-refractivity contribution in [3.63, 3.8) is 0 Å². The summed E-state index contributed by atoms with van der Waals surface area (Å²) in [6.07, 6.45) is 2.56. The number of benzene rings is 1. The summed E-state index contributed by atoms with van der Waals surface area (Å²) >= 11 is 0. The number of nitrogens with zero attached hydrogens (tertiary/aromatic N) is 3. The zero-order valence-corrected chi connectivity index (χ0v) is 15.0. The first kappa shape index (κ1) is 18.0. The summed E-state index contributed by atoms with van der Waals surface area (Å²) in [7, 11) is -3.79. The van der Waals surface area contributed by atoms with E-state index >= 15 is 0 Å². The number of carbonyl (C=O) groups is 1. The third-order valence-corrected chi connectivity index (χ3v) is 5.15. The molecule has 0 radical (unpaired) electrons. The molecule has 8 nitrogen and oxygen atoms in total. The lowest BCUT2D eigenvalue weighted by Gasteiger charge is -2.08. The van der Waals surface area contributed by atoms with E-state index in [9.17, 15) is 13.2 Å². The van der Waals surface area contributed by atoms with Gasteiger partial charge in [0, 0.05) is 18.3 Å². The fourth-order valence-electron chi connectivity index (χ4n) is 2.40. The fourth-order valence-corrected chi connectivity index (χ4v) is 3.43. The van der Waals surface area contributed by atoms with E-state index in [1.807, 2.05) is 19.1 Å². The van der Waals surface area contributed by atoms with E-state index < -0.39 is 10.0 Å². The highest BCUT2D eigenvalue weighted by Crippen LogP contribution is 2.12. The summed E-state index contributed by atoms with van der Waals surface area (Å²) in [6, 6.07) is 11.3. The van der Waals surface area contributed by atoms with Crippen LogP contribution in [0.15, 0.2) is 53.6 Å². The second-order valence-corrected chi connectivity index (χ2v) is 7.42. The molecule has 0 aliphatic carbocycles. The van der Waals surface area contributed by atoms with Crippen molar-refractivity contribution >= 4 is 21.6 Å². The van der Waals surface area contributed by atoms with Crippen LogP contribution in [0.1, 0.15) is 29.5 Å². The van der Waals surface area contributed by atoms with Gasteiger partial charge in [0.05, 0.1) is 11.4 Å². The summed E-state index contributed by atoms with van der Waals surface area (Å²) < 4.78 is 29.3. The molecule has 2 aromatic heterocycles. The Morgan fingerprint density at radius 2 is 2.00 bits per heavy atom. The van der Waals surface area contributed by atoms with Gasteiger partial charge in [0.25, 0.3) is 5.91 Å². The third-order valence-electron chi connectivity index (χ3n) is 3.75. The minimum Gasteiger partial charge on any atom is -0.352 e. The summed E-state index contributed by atoms with van der Waals surface area (Å²) in [4.78, 5) is 12.0. The summed E-state index contributed by atoms with van der Waals surface area (Å²) in [5, 5.41) is 10.7. The third kappa shape index (κ3) is 3.89. The largest absolute Gasteiger partial charge is 0.352 e. The average molecular weight is 373 g/mol. The quantitative estimate of drug-likeness (QED) is 0.650. The van der Waals surface area contributed by atoms with Crippen molar-refractivity contribution in [2.75, 3.05) is 6.54 Å². The van der Waals surface area contributed by atoms with Crippen molar-refractivity contribution in [3.8, 4) is 0 Å². The van der Waals surface area contributed by atoms with E-state index in [1.54, 1.807) is 28.8 Å². The molecule has 2 N–H and O–H groups in total. The summed E-state index contributed by atoms with van der Waals surface area (Å²) in [5.74, 6) is 0.174. The van der Waals surface area contributed by atoms with Crippen LogP contribution in [0.25, 0.3) is 5.65 Å². The molecular weight excluding hydrogens is 354 g/mol. The lowest BCUT2D eigenvalue weighted by Crippen LogP contribution is -2.26. The van der Waals surface area contributed by atoms with E-state index in [0.717, 1.165) is 6.42 Å². The fraction of sp³-hybridized carbons (Fsp3) is 0.235. The standard InChI is InChI=1S/C17H19N5O3S/c1-2-9-18-17(23)13-6-5-7-14(11-13)26(24,25)19-12-16-21-20-15-8-3-4-10-22(15)16/h3-8,10-11,19H,2,9,12H2,1H3,(H,18,23). The molecule has 0 saturated heterocycles. The van der Waals surface area contributed by atoms with E-state index in [1.165, 1.54) is 12.1 Å². The molecule has 0 spiro atoms. The number of hydrogen-bond donors (Lipinski definition) is 2. The van der Waals surface area contributed by atoms with Crippen molar-refractivity contribution in [3.05, 3.63) is 60.0 Å². The van der Waals surface area contributed by atoms with Gasteiger partial charge in [-0.3, -0.25) is 9.20 Å². The number of pyridine rings is 1. The molecule has 0 atom stereocenters. The van der Waals surface area contributed by atoms with Crippen LogP contribution < -0.4 is 10.0 Å². The molecule has 3 aromatic rings. The number of fused-ring (bicyclic) bond motifs is 1. The van der Waals surface area contributed by atoms with E-state index in [0.29, 0.717) is 23.6 Å². The first-order valence-electron chi connectivity index (χ1n) is 8.18. The topological polar surface area (TPSA) is 105 Å². The van der Waals surface area contributed by atoms with Gasteiger partial charge >= 0.3 is 0 Å². The van der Waals surface area contributed by atoms with Gasteiger partial charge in [-0.05, 0) is 36.8 Å². The van der Waals surface area contributed by atoms with Gasteiger partial charge in [0.15, 0.2) is 11.5 Å². The van der Waals surface area contributed by atoms with Crippen LogP contribution in [0, 0.1) is 0 Å². The van der Waals surface area contributed by atoms with Crippen LogP contribution in [0.3, 0.4) is 0 Å². The maximum atomic E-state index is 12.6. The maximum absolute atomic E-state index is 12.6. The first-order valence-corrected chi connectivity index (χ1v) is 9.66. The highest BCUT2D eigenvalue weighted by atomic mass is 32.2. The van der Waals surface area contributed by atoms with Crippen LogP contribution in [0.2, 0.25) is 0 Å². The molecule has 0 bridgehead atoms. The molecule has 2 heterocycles. The summed E-state index contributed by atoms with van der Waals surface area (Å²) in [6.45, 7) is 2.47. The molecule has 0 saturated carbocycles. The maximum Gasteiger partial charge on any atom is 0.251 e. The predicted octanol–water partition coefficient (Wildman–Crippen LogP) is 1.35. The minimum absolute atomic E-state index is 0.0141. The molecular formula is C17H19N5O3S. The molecule has 1 aromatic carbocycles. The normalized spacial score (nSPS) is 11.6. The molecule has 0 fully saturated rings. The molecule has 1 amide bonds. The second kappa shape index (κ2) is 7.63. The summed E-state index contributed by atoms with van der Waals surface area (Å²) in [5.41, 5.74) is 0.936. The number of nitrogens with one attached hydrogen (secondary N) is 2. The zero-order chi connectivity index (χ0) is 18.6. The van der Waals surface area contributed by atoms with Crippen LogP contribution in [0.4, 0.5) is 0 Å². The monoisotopic (exact) mass is 373 g/mol. The second-order valence-electron chi connectivity index (χ2n) is 5.65. The van der Waals surface area contributed by atoms with Crippen LogP contribution in [-0.2, 0) is 16.6 Å². The van der Waals surface area contributed by atoms with Gasteiger partial charge in [-0.1, -0.05) is 19.1 Å². The first-order chi connectivity index (χ1) is 12.5. The van der Waals surface area contributed by atoms with Crippen molar-refractivity contribution < 1.29 is 13.2 Å². The molecule has 3 rings (SSSR count). The number of aromatic nitrogens is 3. The van der Waals surface area contributed by atoms with Gasteiger partial charge in [-0.2, -0.15) is 0 Å². The van der Waals surface area contributed by atoms with Crippen LogP contribution in [-0.4, -0.2) is 35.5 Å². The van der Waals surface area contributed by atoms with Gasteiger partial charge in [0.1, 0.15) is 0 Å². The van der Waals surface area contributed by atoms with E-state index in [4.69, 9.17) is 0 Å². The van der Waals surface area contributed by atoms with Gasteiger partial charge < -0.3 is 5.32 Å². The Hall–Kier alpha value is -2.78. The van der Waals surface area contributed by atoms with Crippen molar-refractivity contribution in [1.29, 1.82) is 0 Å². The predicted molar refractivity (Wildman–Crippen MR) is 96.1 cm³/mol. The van der Waals surface area contributed by atoms with E-state index in [2.05, 4.69) is 20.2 Å². The average Bonchev–Trinajstić information content (AvgIpc) is 3.08. The molecule has 0 unspecified atom stereocenters. The van der Waals surface area contributed by atoms with Gasteiger partial charge in [0.2, 0.25) is 10.0 Å². The van der Waals surface area contributed by atoms with E-state index in [-0.39, 0.29) is 17.3 Å². The number of carbonyl (C=O) groups excluding carboxylic acids is 1. The number of amides is 1. The molecule has 136 valence electrons. The van der Waals surface area contributed by atoms with Crippen molar-refractivity contribution in [2.24, 2.45) is 0 Å². The SMILES string of the molecule is CCCNC(=O)c1cccc(S(=O)(=O)NCc2nnc3ccccn23)c1. The lowest BCUT2D eigenvalue weighted by atomic mass is 10.2. The Balaban J connectivity index is 1.77. The van der Waals surface area contributed by atoms with Gasteiger partial charge in [-0.25, -0.2) is 13.1 Å². The molecule has 26 heavy (non-hydrogen) atoms. The van der Waals surface area contributed by atoms with Crippen molar-refractivity contribution in [2.45, 2.75) is 24.8 Å². The van der Waals surface area contributed by atoms with Crippen molar-refractivity contribution in [1.82, 2.24) is 24.6 Å². The molecule has 9 heteroatoms.